The van der Waals surface area contributed by atoms with Crippen LogP contribution in [-0.2, 0) is 11.2 Å². The molecule has 1 N–H and O–H groups in total. The van der Waals surface area contributed by atoms with Crippen LogP contribution in [-0.4, -0.2) is 20.7 Å². The van der Waals surface area contributed by atoms with Gasteiger partial charge in [0.05, 0.1) is 0 Å². The molecule has 1 aromatic carbocycles. The molecule has 0 atom stereocenters. The minimum atomic E-state index is 0.0458. The Morgan fingerprint density at radius 3 is 2.62 bits per heavy atom. The molecule has 29 heavy (non-hydrogen) atoms. The minimum Gasteiger partial charge on any atom is -0.326 e. The number of anilines is 1. The molecule has 0 radical (unpaired) electrons. The number of rotatable bonds is 8. The summed E-state index contributed by atoms with van der Waals surface area (Å²) in [4.78, 5) is 12.5. The van der Waals surface area contributed by atoms with Crippen molar-refractivity contribution in [3.8, 4) is 0 Å². The smallest absolute Gasteiger partial charge is 0.224 e. The summed E-state index contributed by atoms with van der Waals surface area (Å²) in [7, 11) is 0. The molecule has 2 aliphatic carbocycles. The van der Waals surface area contributed by atoms with Gasteiger partial charge in [0.2, 0.25) is 5.91 Å². The number of carbonyl (C=O) groups is 1. The Kier molecular flexibility index (Phi) is 5.75. The third-order valence-corrected chi connectivity index (χ3v) is 6.34. The number of aromatic nitrogens is 3. The Morgan fingerprint density at radius 1 is 1.21 bits per heavy atom. The Hall–Kier alpha value is -2.17. The summed E-state index contributed by atoms with van der Waals surface area (Å²) in [5.41, 5.74) is 3.20. The first-order chi connectivity index (χ1) is 13.9. The van der Waals surface area contributed by atoms with E-state index in [1.807, 2.05) is 19.1 Å². The molecule has 0 spiro atoms. The number of nitrogens with one attached hydrogen (secondary N) is 1. The summed E-state index contributed by atoms with van der Waals surface area (Å²) in [5.74, 6) is 4.39. The molecule has 156 valence electrons. The third-order valence-electron chi connectivity index (χ3n) is 6.34. The first-order valence-corrected chi connectivity index (χ1v) is 11.2. The van der Waals surface area contributed by atoms with Gasteiger partial charge in [-0.05, 0) is 69.4 Å². The lowest BCUT2D eigenvalue weighted by Gasteiger charge is -2.36. The molecule has 1 heterocycles. The predicted molar refractivity (Wildman–Crippen MR) is 116 cm³/mol. The average molecular weight is 395 g/mol. The van der Waals surface area contributed by atoms with Crippen LogP contribution in [0.2, 0.25) is 0 Å². The molecule has 2 fully saturated rings. The molecule has 2 aliphatic rings. The van der Waals surface area contributed by atoms with E-state index in [9.17, 15) is 4.79 Å². The van der Waals surface area contributed by atoms with Crippen molar-refractivity contribution < 1.29 is 4.79 Å². The molecule has 2 saturated carbocycles. The van der Waals surface area contributed by atoms with Gasteiger partial charge in [0.1, 0.15) is 11.6 Å². The second kappa shape index (κ2) is 8.29. The van der Waals surface area contributed by atoms with Crippen LogP contribution >= 0.6 is 0 Å². The van der Waals surface area contributed by atoms with E-state index in [0.717, 1.165) is 28.9 Å². The zero-order valence-corrected chi connectivity index (χ0v) is 18.2. The summed E-state index contributed by atoms with van der Waals surface area (Å²) in [5, 5.41) is 12.1. The van der Waals surface area contributed by atoms with Crippen molar-refractivity contribution in [3.05, 3.63) is 41.0 Å². The molecule has 0 aliphatic heterocycles. The maximum Gasteiger partial charge on any atom is 0.224 e. The summed E-state index contributed by atoms with van der Waals surface area (Å²) in [6.45, 7) is 8.71. The highest BCUT2D eigenvalue weighted by Gasteiger charge is 2.38. The predicted octanol–water partition coefficient (Wildman–Crippen LogP) is 5.34. The average Bonchev–Trinajstić information content (AvgIpc) is 3.38. The van der Waals surface area contributed by atoms with E-state index in [1.165, 1.54) is 43.5 Å². The molecular formula is C24H34N4O. The first kappa shape index (κ1) is 20.1. The maximum atomic E-state index is 12.5. The molecule has 2 aromatic rings. The van der Waals surface area contributed by atoms with Crippen LogP contribution in [0.3, 0.4) is 0 Å². The van der Waals surface area contributed by atoms with Gasteiger partial charge in [0.15, 0.2) is 0 Å². The molecule has 5 heteroatoms. The van der Waals surface area contributed by atoms with Crippen LogP contribution in [0.4, 0.5) is 5.69 Å². The van der Waals surface area contributed by atoms with Gasteiger partial charge in [-0.2, -0.15) is 0 Å². The number of amides is 1. The second-order valence-corrected chi connectivity index (χ2v) is 9.61. The van der Waals surface area contributed by atoms with Crippen molar-refractivity contribution in [1.29, 1.82) is 0 Å². The Morgan fingerprint density at radius 2 is 1.97 bits per heavy atom. The van der Waals surface area contributed by atoms with Gasteiger partial charge >= 0.3 is 0 Å². The molecule has 4 rings (SSSR count). The summed E-state index contributed by atoms with van der Waals surface area (Å²) in [6, 6.07) is 6.67. The van der Waals surface area contributed by atoms with Crippen LogP contribution in [0.1, 0.15) is 87.1 Å². The molecule has 1 aromatic heterocycles. The molecule has 5 nitrogen and oxygen atoms in total. The van der Waals surface area contributed by atoms with Gasteiger partial charge in [0, 0.05) is 30.5 Å². The van der Waals surface area contributed by atoms with Crippen molar-refractivity contribution in [2.24, 2.45) is 11.8 Å². The van der Waals surface area contributed by atoms with Gasteiger partial charge in [-0.1, -0.05) is 31.5 Å². The van der Waals surface area contributed by atoms with Crippen molar-refractivity contribution >= 4 is 11.6 Å². The summed E-state index contributed by atoms with van der Waals surface area (Å²) >= 11 is 0. The lowest BCUT2D eigenvalue weighted by Crippen LogP contribution is -2.26. The number of aryl methyl sites for hydroxylation is 3. The lowest BCUT2D eigenvalue weighted by atomic mass is 9.71. The summed E-state index contributed by atoms with van der Waals surface area (Å²) < 4.78 is 2.38. The van der Waals surface area contributed by atoms with E-state index in [-0.39, 0.29) is 5.91 Å². The Labute approximate surface area is 174 Å². The van der Waals surface area contributed by atoms with Crippen molar-refractivity contribution in [3.63, 3.8) is 0 Å². The zero-order valence-electron chi connectivity index (χ0n) is 18.2. The fourth-order valence-corrected chi connectivity index (χ4v) is 4.71. The lowest BCUT2D eigenvalue weighted by molar-refractivity contribution is -0.116. The number of hydrogen-bond acceptors (Lipinski definition) is 3. The van der Waals surface area contributed by atoms with Gasteiger partial charge in [-0.15, -0.1) is 10.2 Å². The zero-order chi connectivity index (χ0) is 20.5. The topological polar surface area (TPSA) is 59.8 Å². The van der Waals surface area contributed by atoms with E-state index in [1.54, 1.807) is 0 Å². The Balaban J connectivity index is 1.37. The highest BCUT2D eigenvalue weighted by molar-refractivity contribution is 5.91. The quantitative estimate of drug-likeness (QED) is 0.657. The van der Waals surface area contributed by atoms with Crippen LogP contribution in [0.25, 0.3) is 0 Å². The third kappa shape index (κ3) is 4.71. The second-order valence-electron chi connectivity index (χ2n) is 9.61. The van der Waals surface area contributed by atoms with E-state index in [4.69, 9.17) is 0 Å². The van der Waals surface area contributed by atoms with E-state index < -0.39 is 0 Å². The normalized spacial score (nSPS) is 21.3. The van der Waals surface area contributed by atoms with Crippen LogP contribution in [0.5, 0.6) is 0 Å². The van der Waals surface area contributed by atoms with Gasteiger partial charge in [-0.3, -0.25) is 4.79 Å². The molecular weight excluding hydrogens is 360 g/mol. The number of hydrogen-bond donors (Lipinski definition) is 1. The molecule has 0 bridgehead atoms. The molecule has 0 saturated heterocycles. The fraction of sp³-hybridized carbons (Fsp3) is 0.625. The standard InChI is InChI=1S/C24H34N4O/c1-15(2)11-18-13-19(14-18)24-27-26-22(28(24)20-6-7-20)9-10-23(29)25-21-8-5-16(3)12-17(21)4/h5,8,12,15,18-20H,6-7,9-11,13-14H2,1-4H3,(H,25,29). The van der Waals surface area contributed by atoms with Crippen LogP contribution < -0.4 is 5.32 Å². The van der Waals surface area contributed by atoms with Crippen molar-refractivity contribution in [2.75, 3.05) is 5.32 Å². The number of benzene rings is 1. The first-order valence-electron chi connectivity index (χ1n) is 11.2. The van der Waals surface area contributed by atoms with Gasteiger partial charge in [-0.25, -0.2) is 0 Å². The number of carbonyl (C=O) groups excluding carboxylic acids is 1. The SMILES string of the molecule is Cc1ccc(NC(=O)CCc2nnc(C3CC(CC(C)C)C3)n2C2CC2)c(C)c1. The van der Waals surface area contributed by atoms with Crippen LogP contribution in [0.15, 0.2) is 18.2 Å². The monoisotopic (exact) mass is 394 g/mol. The minimum absolute atomic E-state index is 0.0458. The summed E-state index contributed by atoms with van der Waals surface area (Å²) in [6.07, 6.45) is 7.34. The highest BCUT2D eigenvalue weighted by Crippen LogP contribution is 2.47. The highest BCUT2D eigenvalue weighted by atomic mass is 16.1. The van der Waals surface area contributed by atoms with Gasteiger partial charge in [0.25, 0.3) is 0 Å². The van der Waals surface area contributed by atoms with E-state index in [0.29, 0.717) is 24.8 Å². The van der Waals surface area contributed by atoms with Gasteiger partial charge < -0.3 is 9.88 Å². The van der Waals surface area contributed by atoms with E-state index in [2.05, 4.69) is 46.9 Å². The Bertz CT molecular complexity index is 875. The van der Waals surface area contributed by atoms with Crippen molar-refractivity contribution in [1.82, 2.24) is 14.8 Å². The van der Waals surface area contributed by atoms with E-state index >= 15 is 0 Å². The maximum absolute atomic E-state index is 12.5. The van der Waals surface area contributed by atoms with Crippen LogP contribution in [0, 0.1) is 25.7 Å². The molecule has 1 amide bonds. The molecule has 0 unspecified atom stereocenters. The number of nitrogens with zero attached hydrogens (tertiary/aromatic N) is 3. The fourth-order valence-electron chi connectivity index (χ4n) is 4.71. The van der Waals surface area contributed by atoms with Crippen molar-refractivity contribution in [2.45, 2.75) is 84.6 Å². The largest absolute Gasteiger partial charge is 0.326 e.